The van der Waals surface area contributed by atoms with Crippen LogP contribution in [0.2, 0.25) is 0 Å². The fourth-order valence-corrected chi connectivity index (χ4v) is 11.7. The molecule has 0 unspecified atom stereocenters. The Kier molecular flexibility index (Phi) is 22.7. The van der Waals surface area contributed by atoms with E-state index in [1.165, 1.54) is 6.92 Å². The van der Waals surface area contributed by atoms with E-state index < -0.39 is 170 Å². The van der Waals surface area contributed by atoms with Crippen LogP contribution in [0, 0.1) is 23.7 Å². The van der Waals surface area contributed by atoms with Crippen molar-refractivity contribution in [1.82, 2.24) is 41.5 Å². The number of ketones is 2. The molecule has 1 fully saturated rings. The number of nitrogens with one attached hydrogen (secondary N) is 6. The molecule has 2 bridgehead atoms. The summed E-state index contributed by atoms with van der Waals surface area (Å²) in [4.78, 5) is 162. The number of amides is 9. The molecule has 82 heavy (non-hydrogen) atoms. The number of aliphatic hydroxyl groups excluding tert-OH is 3. The highest BCUT2D eigenvalue weighted by molar-refractivity contribution is 7.78. The number of unbranched alkanes of at least 4 members (excludes halogenated alkanes) is 3. The first-order chi connectivity index (χ1) is 38.7. The topological polar surface area (TPSA) is 405 Å². The zero-order valence-corrected chi connectivity index (χ0v) is 46.7. The van der Waals surface area contributed by atoms with Crippen LogP contribution < -0.4 is 37.1 Å². The number of rotatable bonds is 16. The molecule has 3 aromatic rings. The first kappa shape index (κ1) is 63.9. The lowest BCUT2D eigenvalue weighted by Crippen LogP contribution is -2.56. The highest BCUT2D eigenvalue weighted by Crippen LogP contribution is 2.33. The molecule has 0 spiro atoms. The number of nitrogens with zero attached hydrogens (tertiary/aromatic N) is 2. The highest BCUT2D eigenvalue weighted by atomic mass is 32.2. The average molecular weight is 1160 g/mol. The Hall–Kier alpha value is -7.30. The summed E-state index contributed by atoms with van der Waals surface area (Å²) < 4.78 is 6.15. The molecular formula is C55H73N9O17S. The van der Waals surface area contributed by atoms with Crippen LogP contribution in [0.4, 0.5) is 0 Å². The number of hydroxylamine groups is 2. The average Bonchev–Trinajstić information content (AvgIpc) is 3.89. The lowest BCUT2D eigenvalue weighted by Gasteiger charge is -2.32. The van der Waals surface area contributed by atoms with Crippen LogP contribution in [0.15, 0.2) is 47.5 Å². The minimum absolute atomic E-state index is 0. The maximum absolute atomic E-state index is 14.8. The largest absolute Gasteiger partial charge is 0.870 e. The van der Waals surface area contributed by atoms with Crippen molar-refractivity contribution in [2.24, 2.45) is 29.4 Å². The quantitative estimate of drug-likeness (QED) is 0.0342. The summed E-state index contributed by atoms with van der Waals surface area (Å²) >= 11 is 0.334. The number of thiol groups is 1. The monoisotopic (exact) mass is 1160 g/mol. The maximum Gasteiger partial charge on any atom is 0.285 e. The normalized spacial score (nSPS) is 24.7. The van der Waals surface area contributed by atoms with Crippen LogP contribution in [0.5, 0.6) is 5.75 Å². The molecule has 2 aromatic carbocycles. The molecule has 0 saturated carbocycles. The standard InChI is InChI=1S/C55H71N9O16S.H2O/c1-4-28(2)47-51(75)58-23-45(71)59-39-27-81-52-37(34-14-13-33(22-38(34)60-52)79-15-9-5-6-10-16-80-64-54(77)35-11-7-8-12-36(35)55(64)78)17-30(49(73)57-24-46(72)61-47)18-42(68)48(29(3)43(69)26-65)62-50(74)40-21-32(66)25-63(40)53(76)31(19-41(39)67)20-44(56)70;/h7-8,11-14,22,28-32,39-40,43,47-48,60,65-66,69H,4-6,9-10,15-21,23-27H2,1-3H3,(H2,56,70)(H,57,73)(H,58,75)(H,59,71)(H,61,72)(H,62,74);1H2/t28-,29-,30-,31-,32+,39-,40-,43-,47-,48-;/m0./s1. The van der Waals surface area contributed by atoms with Crippen LogP contribution in [0.1, 0.15) is 105 Å². The minimum Gasteiger partial charge on any atom is -0.870 e. The predicted octanol–water partition coefficient (Wildman–Crippen LogP) is -1.39. The van der Waals surface area contributed by atoms with Gasteiger partial charge in [-0.1, -0.05) is 45.7 Å². The number of nitrogens with two attached hydrogens (primary N) is 1. The Bertz CT molecular complexity index is 2870. The molecule has 1 saturated heterocycles. The van der Waals surface area contributed by atoms with Gasteiger partial charge in [-0.3, -0.25) is 57.6 Å². The number of fused-ring (bicyclic) bond motifs is 6. The van der Waals surface area contributed by atoms with Crippen molar-refractivity contribution in [3.8, 4) is 5.75 Å². The molecule has 4 aliphatic rings. The summed E-state index contributed by atoms with van der Waals surface area (Å²) in [5.74, 6) is -12.7. The third-order valence-electron chi connectivity index (χ3n) is 15.3. The maximum atomic E-state index is 14.8. The van der Waals surface area contributed by atoms with Crippen molar-refractivity contribution in [3.63, 3.8) is 0 Å². The number of carbonyl (C=O) groups is 11. The second kappa shape index (κ2) is 29.1. The van der Waals surface area contributed by atoms with Gasteiger partial charge >= 0.3 is 0 Å². The van der Waals surface area contributed by atoms with Gasteiger partial charge < -0.3 is 67.7 Å². The first-order valence-corrected chi connectivity index (χ1v) is 28.4. The number of carbonyl (C=O) groups excluding carboxylic acids is 11. The number of hydrogen-bond donors (Lipinski definition) is 10. The number of aliphatic hydroxyl groups is 3. The third-order valence-corrected chi connectivity index (χ3v) is 16.5. The Labute approximate surface area is 476 Å². The van der Waals surface area contributed by atoms with E-state index in [1.54, 1.807) is 56.3 Å². The van der Waals surface area contributed by atoms with Gasteiger partial charge in [0.1, 0.15) is 29.6 Å². The first-order valence-electron chi connectivity index (χ1n) is 27.3. The minimum atomic E-state index is -1.61. The Balaban J connectivity index is 0.0000108. The van der Waals surface area contributed by atoms with Crippen molar-refractivity contribution in [1.29, 1.82) is 0 Å². The molecule has 10 atom stereocenters. The van der Waals surface area contributed by atoms with E-state index in [1.807, 2.05) is 0 Å². The van der Waals surface area contributed by atoms with Crippen molar-refractivity contribution in [2.45, 2.75) is 126 Å². The smallest absolute Gasteiger partial charge is 0.285 e. The zero-order chi connectivity index (χ0) is 58.7. The predicted molar refractivity (Wildman–Crippen MR) is 292 cm³/mol. The van der Waals surface area contributed by atoms with Crippen LogP contribution in [-0.4, -0.2) is 182 Å². The Morgan fingerprint density at radius 2 is 1.46 bits per heavy atom. The van der Waals surface area contributed by atoms with Gasteiger partial charge in [-0.25, -0.2) is 0 Å². The SMILES string of the molecule is CC[C@H](C)[C@@H]1NC(=O)CNC(=O)[C@@H]2CC(=O)[C@H]([C@@H](C)[C@@H](O)CO)NC(=O)[C@@H]3C[C@@H](O)CN3C(=O)[C@H](CC(N)=O)CC(=O)[C@H](C[SH+]c3[nH]c4cc(OCCCCCCON5C(=O)c6ccccc6C5=O)ccc4c3C2)NC(=O)CNC1=O.[OH-]. The van der Waals surface area contributed by atoms with E-state index in [-0.39, 0.29) is 41.8 Å². The number of benzene rings is 2. The Morgan fingerprint density at radius 3 is 2.12 bits per heavy atom. The van der Waals surface area contributed by atoms with E-state index in [9.17, 15) is 68.1 Å². The number of ether oxygens (including phenoxy) is 1. The van der Waals surface area contributed by atoms with Crippen LogP contribution in [0.3, 0.4) is 0 Å². The van der Waals surface area contributed by atoms with Gasteiger partial charge in [-0.15, -0.1) is 5.06 Å². The van der Waals surface area contributed by atoms with Gasteiger partial charge in [0.05, 0.1) is 73.7 Å². The molecule has 12 N–H and O–H groups in total. The molecule has 4 aliphatic heterocycles. The van der Waals surface area contributed by atoms with E-state index >= 15 is 0 Å². The van der Waals surface area contributed by atoms with Crippen molar-refractivity contribution < 1.29 is 83.1 Å². The molecule has 5 heterocycles. The number of imide groups is 1. The van der Waals surface area contributed by atoms with Crippen molar-refractivity contribution in [3.05, 3.63) is 59.2 Å². The molecule has 446 valence electrons. The Morgan fingerprint density at radius 1 is 0.805 bits per heavy atom. The molecule has 27 heteroatoms. The van der Waals surface area contributed by atoms with Crippen molar-refractivity contribution >= 4 is 87.4 Å². The molecular weight excluding hydrogens is 1090 g/mol. The fraction of sp³-hybridized carbons (Fsp3) is 0.545. The van der Waals surface area contributed by atoms with Crippen LogP contribution >= 0.6 is 0 Å². The molecule has 0 aliphatic carbocycles. The van der Waals surface area contributed by atoms with Gasteiger partial charge in [0.2, 0.25) is 46.4 Å². The molecule has 26 nitrogen and oxygen atoms in total. The van der Waals surface area contributed by atoms with E-state index in [4.69, 9.17) is 15.3 Å². The molecule has 9 amide bonds. The van der Waals surface area contributed by atoms with Crippen LogP contribution in [-0.2, 0) is 66.2 Å². The lowest BCUT2D eigenvalue weighted by atomic mass is 9.85. The fourth-order valence-electron chi connectivity index (χ4n) is 10.4. The molecule has 7 rings (SSSR count). The summed E-state index contributed by atoms with van der Waals surface area (Å²) in [6.07, 6.45) is -2.40. The third kappa shape index (κ3) is 15.6. The summed E-state index contributed by atoms with van der Waals surface area (Å²) in [5, 5.41) is 46.6. The van der Waals surface area contributed by atoms with E-state index in [0.717, 1.165) is 16.4 Å². The van der Waals surface area contributed by atoms with Gasteiger partial charge in [0.15, 0.2) is 11.6 Å². The second-order valence-corrected chi connectivity index (χ2v) is 22.3. The summed E-state index contributed by atoms with van der Waals surface area (Å²) in [7, 11) is 0. The number of primary amides is 1. The highest BCUT2D eigenvalue weighted by Gasteiger charge is 2.45. The van der Waals surface area contributed by atoms with E-state index in [0.29, 0.717) is 71.3 Å². The van der Waals surface area contributed by atoms with Crippen molar-refractivity contribution in [2.75, 3.05) is 45.2 Å². The lowest BCUT2D eigenvalue weighted by molar-refractivity contribution is -0.145. The van der Waals surface area contributed by atoms with Gasteiger partial charge in [0.25, 0.3) is 11.8 Å². The zero-order valence-electron chi connectivity index (χ0n) is 45.9. The van der Waals surface area contributed by atoms with Gasteiger partial charge in [0, 0.05) is 72.8 Å². The summed E-state index contributed by atoms with van der Waals surface area (Å²) in [6.45, 7) is 2.74. The molecule has 0 radical (unpaired) electrons. The number of aromatic nitrogens is 1. The van der Waals surface area contributed by atoms with Crippen LogP contribution in [0.25, 0.3) is 10.9 Å². The van der Waals surface area contributed by atoms with E-state index in [2.05, 4.69) is 31.6 Å². The summed E-state index contributed by atoms with van der Waals surface area (Å²) in [6, 6.07) is 5.98. The molecule has 1 aromatic heterocycles. The second-order valence-electron chi connectivity index (χ2n) is 21.1. The summed E-state index contributed by atoms with van der Waals surface area (Å²) in [5.41, 5.74) is 7.18. The van der Waals surface area contributed by atoms with Gasteiger partial charge in [-0.05, 0) is 55.9 Å². The number of H-pyrrole nitrogens is 1. The number of aromatic amines is 1. The number of hydrogen-bond acceptors (Lipinski definition) is 17. The van der Waals surface area contributed by atoms with Gasteiger partial charge in [-0.2, -0.15) is 0 Å². The number of Topliss-reactive ketones (excluding diaryl/α,β-unsaturated/α-hetero) is 2.